The molecular formula is C16H21BrN2O3. The molecule has 6 heteroatoms. The van der Waals surface area contributed by atoms with E-state index in [0.29, 0.717) is 12.8 Å². The summed E-state index contributed by atoms with van der Waals surface area (Å²) in [7, 11) is 1.70. The summed E-state index contributed by atoms with van der Waals surface area (Å²) in [5, 5.41) is 9.57. The Balaban J connectivity index is 2.43. The third-order valence-corrected chi connectivity index (χ3v) is 4.44. The molecule has 0 bridgehead atoms. The van der Waals surface area contributed by atoms with E-state index in [1.807, 2.05) is 39.0 Å². The zero-order chi connectivity index (χ0) is 16.7. The van der Waals surface area contributed by atoms with Gasteiger partial charge in [-0.2, -0.15) is 0 Å². The monoisotopic (exact) mass is 368 g/mol. The molecule has 1 unspecified atom stereocenters. The number of amides is 2. The topological polar surface area (TPSA) is 60.9 Å². The number of hydrogen-bond acceptors (Lipinski definition) is 2. The molecule has 0 saturated heterocycles. The van der Waals surface area contributed by atoms with Gasteiger partial charge in [-0.15, -0.1) is 0 Å². The normalized spacial score (nSPS) is 18.7. The standard InChI is InChI=1S/C16H21BrN2O3/c1-16(2,3)19(15(21)22)13-7-5-10-9-11(17)6-8-12(10)18(4)14(13)20/h6,8-9,13H,5,7H2,1-4H3,(H,21,22). The van der Waals surface area contributed by atoms with Gasteiger partial charge in [-0.1, -0.05) is 15.9 Å². The number of likely N-dealkylation sites (N-methyl/N-ethyl adjacent to an activating group) is 1. The van der Waals surface area contributed by atoms with Crippen LogP contribution in [0.1, 0.15) is 32.8 Å². The van der Waals surface area contributed by atoms with Crippen molar-refractivity contribution in [1.29, 1.82) is 0 Å². The fourth-order valence-corrected chi connectivity index (χ4v) is 3.38. The zero-order valence-corrected chi connectivity index (χ0v) is 14.8. The molecule has 1 aromatic carbocycles. The van der Waals surface area contributed by atoms with Gasteiger partial charge in [0.15, 0.2) is 0 Å². The van der Waals surface area contributed by atoms with E-state index in [1.54, 1.807) is 11.9 Å². The van der Waals surface area contributed by atoms with E-state index >= 15 is 0 Å². The molecule has 2 rings (SSSR count). The van der Waals surface area contributed by atoms with Gasteiger partial charge in [-0.3, -0.25) is 9.69 Å². The Morgan fingerprint density at radius 2 is 2.05 bits per heavy atom. The van der Waals surface area contributed by atoms with Crippen molar-refractivity contribution in [3.8, 4) is 0 Å². The molecule has 0 saturated carbocycles. The summed E-state index contributed by atoms with van der Waals surface area (Å²) in [4.78, 5) is 27.3. The van der Waals surface area contributed by atoms with E-state index in [4.69, 9.17) is 0 Å². The smallest absolute Gasteiger partial charge is 0.408 e. The summed E-state index contributed by atoms with van der Waals surface area (Å²) >= 11 is 3.44. The maximum atomic E-state index is 12.8. The third kappa shape index (κ3) is 3.11. The molecule has 1 aromatic rings. The van der Waals surface area contributed by atoms with Crippen LogP contribution in [-0.4, -0.2) is 40.6 Å². The number of carboxylic acid groups (broad SMARTS) is 1. The number of halogens is 1. The maximum absolute atomic E-state index is 12.8. The molecule has 1 atom stereocenters. The summed E-state index contributed by atoms with van der Waals surface area (Å²) in [6.07, 6.45) is 0.0809. The fourth-order valence-electron chi connectivity index (χ4n) is 2.97. The molecule has 120 valence electrons. The number of hydrogen-bond donors (Lipinski definition) is 1. The SMILES string of the molecule is CN1C(=O)C(N(C(=O)O)C(C)(C)C)CCc2cc(Br)ccc21. The average Bonchev–Trinajstić information content (AvgIpc) is 2.49. The number of benzene rings is 1. The van der Waals surface area contributed by atoms with Crippen LogP contribution < -0.4 is 4.90 Å². The molecule has 1 aliphatic rings. The van der Waals surface area contributed by atoms with E-state index in [-0.39, 0.29) is 5.91 Å². The number of rotatable bonds is 1. The largest absolute Gasteiger partial charge is 0.465 e. The summed E-state index contributed by atoms with van der Waals surface area (Å²) in [5.74, 6) is -0.182. The quantitative estimate of drug-likeness (QED) is 0.824. The van der Waals surface area contributed by atoms with Crippen LogP contribution in [0.4, 0.5) is 10.5 Å². The lowest BCUT2D eigenvalue weighted by molar-refractivity contribution is -0.124. The summed E-state index contributed by atoms with van der Waals surface area (Å²) < 4.78 is 0.955. The van der Waals surface area contributed by atoms with Crippen molar-refractivity contribution in [2.45, 2.75) is 45.2 Å². The second-order valence-electron chi connectivity index (χ2n) is 6.55. The molecule has 2 amide bonds. The second kappa shape index (κ2) is 5.91. The molecule has 0 radical (unpaired) electrons. The first-order chi connectivity index (χ1) is 10.1. The van der Waals surface area contributed by atoms with Gasteiger partial charge in [0.25, 0.3) is 0 Å². The second-order valence-corrected chi connectivity index (χ2v) is 7.46. The van der Waals surface area contributed by atoms with Crippen molar-refractivity contribution in [3.05, 3.63) is 28.2 Å². The Bertz CT molecular complexity index is 610. The highest BCUT2D eigenvalue weighted by atomic mass is 79.9. The van der Waals surface area contributed by atoms with Gasteiger partial charge >= 0.3 is 6.09 Å². The highest BCUT2D eigenvalue weighted by Gasteiger charge is 2.40. The summed E-state index contributed by atoms with van der Waals surface area (Å²) in [5.41, 5.74) is 1.26. The van der Waals surface area contributed by atoms with Crippen LogP contribution in [0, 0.1) is 0 Å². The highest BCUT2D eigenvalue weighted by molar-refractivity contribution is 9.10. The van der Waals surface area contributed by atoms with E-state index in [1.165, 1.54) is 4.90 Å². The molecule has 22 heavy (non-hydrogen) atoms. The number of nitrogens with zero attached hydrogens (tertiary/aromatic N) is 2. The van der Waals surface area contributed by atoms with Gasteiger partial charge in [0.1, 0.15) is 6.04 Å². The van der Waals surface area contributed by atoms with Gasteiger partial charge in [0.2, 0.25) is 5.91 Å². The van der Waals surface area contributed by atoms with E-state index in [2.05, 4.69) is 15.9 Å². The van der Waals surface area contributed by atoms with Crippen molar-refractivity contribution in [3.63, 3.8) is 0 Å². The molecular weight excluding hydrogens is 348 g/mol. The molecule has 0 aromatic heterocycles. The van der Waals surface area contributed by atoms with Crippen molar-refractivity contribution < 1.29 is 14.7 Å². The predicted octanol–water partition coefficient (Wildman–Crippen LogP) is 3.51. The maximum Gasteiger partial charge on any atom is 0.408 e. The van der Waals surface area contributed by atoms with Crippen molar-refractivity contribution in [2.24, 2.45) is 0 Å². The Morgan fingerprint density at radius 3 is 2.59 bits per heavy atom. The Hall–Kier alpha value is -1.56. The third-order valence-electron chi connectivity index (χ3n) is 3.95. The minimum atomic E-state index is -1.06. The zero-order valence-electron chi connectivity index (χ0n) is 13.3. The Morgan fingerprint density at radius 1 is 1.41 bits per heavy atom. The van der Waals surface area contributed by atoms with Gasteiger partial charge in [0.05, 0.1) is 0 Å². The predicted molar refractivity (Wildman–Crippen MR) is 89.3 cm³/mol. The molecule has 0 spiro atoms. The molecule has 1 N–H and O–H groups in total. The van der Waals surface area contributed by atoms with E-state index < -0.39 is 17.7 Å². The minimum absolute atomic E-state index is 0.182. The van der Waals surface area contributed by atoms with Crippen molar-refractivity contribution in [2.75, 3.05) is 11.9 Å². The highest BCUT2D eigenvalue weighted by Crippen LogP contribution is 2.32. The van der Waals surface area contributed by atoms with Crippen molar-refractivity contribution in [1.82, 2.24) is 4.90 Å². The van der Waals surface area contributed by atoms with Crippen LogP contribution in [-0.2, 0) is 11.2 Å². The molecule has 1 aliphatic heterocycles. The first kappa shape index (κ1) is 16.8. The minimum Gasteiger partial charge on any atom is -0.465 e. The number of fused-ring (bicyclic) bond motifs is 1. The van der Waals surface area contributed by atoms with Crippen LogP contribution >= 0.6 is 15.9 Å². The molecule has 1 heterocycles. The van der Waals surface area contributed by atoms with Crippen LogP contribution in [0.25, 0.3) is 0 Å². The van der Waals surface area contributed by atoms with Crippen molar-refractivity contribution >= 4 is 33.6 Å². The first-order valence-corrected chi connectivity index (χ1v) is 8.00. The first-order valence-electron chi connectivity index (χ1n) is 7.21. The number of anilines is 1. The lowest BCUT2D eigenvalue weighted by atomic mass is 9.99. The Kier molecular flexibility index (Phi) is 4.52. The number of carbonyl (C=O) groups excluding carboxylic acids is 1. The van der Waals surface area contributed by atoms with Crippen LogP contribution in [0.5, 0.6) is 0 Å². The van der Waals surface area contributed by atoms with Gasteiger partial charge in [0, 0.05) is 22.7 Å². The van der Waals surface area contributed by atoms with E-state index in [9.17, 15) is 14.7 Å². The molecule has 5 nitrogen and oxygen atoms in total. The fraction of sp³-hybridized carbons (Fsp3) is 0.500. The molecule has 0 aliphatic carbocycles. The lowest BCUT2D eigenvalue weighted by Crippen LogP contribution is -2.56. The van der Waals surface area contributed by atoms with Crippen LogP contribution in [0.15, 0.2) is 22.7 Å². The van der Waals surface area contributed by atoms with Crippen LogP contribution in [0.3, 0.4) is 0 Å². The Labute approximate surface area is 139 Å². The number of carbonyl (C=O) groups is 2. The van der Waals surface area contributed by atoms with Gasteiger partial charge < -0.3 is 10.0 Å². The van der Waals surface area contributed by atoms with Gasteiger partial charge in [-0.25, -0.2) is 4.79 Å². The average molecular weight is 369 g/mol. The van der Waals surface area contributed by atoms with E-state index in [0.717, 1.165) is 15.7 Å². The molecule has 0 fully saturated rings. The lowest BCUT2D eigenvalue weighted by Gasteiger charge is -2.39. The number of aryl methyl sites for hydroxylation is 1. The van der Waals surface area contributed by atoms with Crippen LogP contribution in [0.2, 0.25) is 0 Å². The van der Waals surface area contributed by atoms with Gasteiger partial charge in [-0.05, 0) is 57.4 Å². The summed E-state index contributed by atoms with van der Waals surface area (Å²) in [6, 6.07) is 5.10. The summed E-state index contributed by atoms with van der Waals surface area (Å²) in [6.45, 7) is 5.43.